The molecule has 0 bridgehead atoms. The molecule has 1 unspecified atom stereocenters. The molecule has 0 aromatic heterocycles. The average molecular weight is 88.1 g/mol. The lowest BCUT2D eigenvalue weighted by Gasteiger charge is -1.84. The second kappa shape index (κ2) is 2.13. The molecule has 0 rings (SSSR count). The molecule has 0 saturated carbocycles. The van der Waals surface area contributed by atoms with Crippen LogP contribution in [0, 0.1) is 11.7 Å². The zero-order valence-corrected chi connectivity index (χ0v) is 3.71. The van der Waals surface area contributed by atoms with Gasteiger partial charge >= 0.3 is 0 Å². The molecule has 0 heterocycles. The van der Waals surface area contributed by atoms with Gasteiger partial charge in [0, 0.05) is 11.2 Å². The van der Waals surface area contributed by atoms with Crippen LogP contribution in [-0.4, -0.2) is 10.8 Å². The highest BCUT2D eigenvalue weighted by molar-refractivity contribution is 7.95. The van der Waals surface area contributed by atoms with Crippen LogP contribution in [0.3, 0.4) is 0 Å². The Morgan fingerprint density at radius 2 is 2.20 bits per heavy atom. The average Bonchev–Trinajstić information content (AvgIpc) is 1.38. The lowest BCUT2D eigenvalue weighted by atomic mass is 11.4. The van der Waals surface area contributed by atoms with Crippen molar-refractivity contribution >= 4 is 11.2 Å². The van der Waals surface area contributed by atoms with Crippen molar-refractivity contribution in [2.24, 2.45) is 0 Å². The second-order valence-electron chi connectivity index (χ2n) is 0.572. The van der Waals surface area contributed by atoms with E-state index >= 15 is 0 Å². The number of terminal acetylenes is 1. The van der Waals surface area contributed by atoms with Crippen LogP contribution in [0.4, 0.5) is 0 Å². The molecule has 0 N–H and O–H groups in total. The Morgan fingerprint density at radius 1 is 2.00 bits per heavy atom. The molecule has 0 aromatic carbocycles. The van der Waals surface area contributed by atoms with Crippen molar-refractivity contribution in [2.75, 3.05) is 6.26 Å². The fourth-order valence-electron chi connectivity index (χ4n) is 0. The van der Waals surface area contributed by atoms with E-state index in [1.165, 1.54) is 6.26 Å². The predicted molar refractivity (Wildman–Crippen MR) is 22.9 cm³/mol. The molecule has 0 spiro atoms. The van der Waals surface area contributed by atoms with Gasteiger partial charge in [0.1, 0.15) is 11.5 Å². The first-order valence-corrected chi connectivity index (χ1v) is 2.63. The van der Waals surface area contributed by atoms with Gasteiger partial charge in [0.25, 0.3) is 0 Å². The van der Waals surface area contributed by atoms with Gasteiger partial charge in [-0.3, -0.25) is 0 Å². The Morgan fingerprint density at radius 3 is 2.20 bits per heavy atom. The van der Waals surface area contributed by atoms with E-state index in [0.29, 0.717) is 0 Å². The minimum Gasteiger partial charge on any atom is -0.604 e. The highest BCUT2D eigenvalue weighted by Gasteiger charge is 1.76. The van der Waals surface area contributed by atoms with Gasteiger partial charge in [-0.05, 0) is 0 Å². The molecule has 1 nitrogen and oxygen atoms in total. The van der Waals surface area contributed by atoms with Crippen LogP contribution < -0.4 is 0 Å². The first-order chi connectivity index (χ1) is 2.27. The molecule has 0 aliphatic carbocycles. The number of hydrogen-bond acceptors (Lipinski definition) is 1. The highest BCUT2D eigenvalue weighted by atomic mass is 32.2. The summed E-state index contributed by atoms with van der Waals surface area (Å²) in [5.41, 5.74) is 0. The highest BCUT2D eigenvalue weighted by Crippen LogP contribution is 1.69. The molecule has 5 heavy (non-hydrogen) atoms. The summed E-state index contributed by atoms with van der Waals surface area (Å²) in [6, 6.07) is 0. The van der Waals surface area contributed by atoms with E-state index in [1.807, 2.05) is 5.25 Å². The van der Waals surface area contributed by atoms with Gasteiger partial charge in [0.15, 0.2) is 0 Å². The smallest absolute Gasteiger partial charge is 0.146 e. The Hall–Kier alpha value is -0.130. The van der Waals surface area contributed by atoms with Gasteiger partial charge in [-0.15, -0.1) is 0 Å². The molecule has 28 valence electrons. The standard InChI is InChI=1S/C3H4OS/c1-3-5(2)4/h1H,2H3. The molecule has 0 aliphatic heterocycles. The van der Waals surface area contributed by atoms with E-state index < -0.39 is 11.2 Å². The molecule has 0 aromatic rings. The summed E-state index contributed by atoms with van der Waals surface area (Å²) >= 11 is -1.04. The van der Waals surface area contributed by atoms with E-state index in [2.05, 4.69) is 6.42 Å². The summed E-state index contributed by atoms with van der Waals surface area (Å²) < 4.78 is 9.69. The van der Waals surface area contributed by atoms with Crippen molar-refractivity contribution in [1.29, 1.82) is 0 Å². The second-order valence-corrected chi connectivity index (χ2v) is 1.72. The molecule has 0 radical (unpaired) electrons. The summed E-state index contributed by atoms with van der Waals surface area (Å²) in [4.78, 5) is 0. The Kier molecular flexibility index (Phi) is 2.07. The lowest BCUT2D eigenvalue weighted by Crippen LogP contribution is -1.86. The maximum atomic E-state index is 9.69. The minimum atomic E-state index is -1.04. The topological polar surface area (TPSA) is 23.1 Å². The van der Waals surface area contributed by atoms with Crippen molar-refractivity contribution in [1.82, 2.24) is 0 Å². The quantitative estimate of drug-likeness (QED) is 0.301. The van der Waals surface area contributed by atoms with Crippen molar-refractivity contribution in [3.63, 3.8) is 0 Å². The fourth-order valence-corrected chi connectivity index (χ4v) is 0. The number of rotatable bonds is 0. The van der Waals surface area contributed by atoms with Crippen LogP contribution >= 0.6 is 0 Å². The van der Waals surface area contributed by atoms with Gasteiger partial charge in [-0.1, -0.05) is 6.42 Å². The summed E-state index contributed by atoms with van der Waals surface area (Å²) in [5, 5.41) is 2.00. The zero-order valence-electron chi connectivity index (χ0n) is 2.89. The van der Waals surface area contributed by atoms with E-state index in [4.69, 9.17) is 0 Å². The maximum Gasteiger partial charge on any atom is 0.146 e. The zero-order chi connectivity index (χ0) is 4.28. The van der Waals surface area contributed by atoms with Crippen molar-refractivity contribution in [3.8, 4) is 11.7 Å². The lowest BCUT2D eigenvalue weighted by molar-refractivity contribution is 0.610. The van der Waals surface area contributed by atoms with Crippen LogP contribution in [0.25, 0.3) is 0 Å². The molecule has 0 aliphatic rings. The molecular formula is C3H4OS. The SMILES string of the molecule is C#C[S+](C)[O-]. The third-order valence-electron chi connectivity index (χ3n) is 0.166. The van der Waals surface area contributed by atoms with Crippen LogP contribution in [0.15, 0.2) is 0 Å². The van der Waals surface area contributed by atoms with Gasteiger partial charge in [-0.2, -0.15) is 0 Å². The van der Waals surface area contributed by atoms with Gasteiger partial charge < -0.3 is 4.55 Å². The Labute approximate surface area is 34.6 Å². The number of hydrogen-bond donors (Lipinski definition) is 0. The minimum absolute atomic E-state index is 1.04. The van der Waals surface area contributed by atoms with Crippen molar-refractivity contribution < 1.29 is 4.55 Å². The Bertz CT molecular complexity index is 52.4. The van der Waals surface area contributed by atoms with E-state index in [9.17, 15) is 4.55 Å². The normalized spacial score (nSPS) is 13.0. The van der Waals surface area contributed by atoms with E-state index in [0.717, 1.165) is 0 Å². The third kappa shape index (κ3) is 3.87. The maximum absolute atomic E-state index is 9.69. The van der Waals surface area contributed by atoms with Crippen LogP contribution in [0.2, 0.25) is 0 Å². The fraction of sp³-hybridized carbons (Fsp3) is 0.333. The van der Waals surface area contributed by atoms with Crippen molar-refractivity contribution in [2.45, 2.75) is 0 Å². The molecular weight excluding hydrogens is 84.1 g/mol. The first kappa shape index (κ1) is 4.87. The largest absolute Gasteiger partial charge is 0.604 e. The van der Waals surface area contributed by atoms with Crippen LogP contribution in [0.5, 0.6) is 0 Å². The summed E-state index contributed by atoms with van der Waals surface area (Å²) in [7, 11) is 0. The van der Waals surface area contributed by atoms with Gasteiger partial charge in [-0.25, -0.2) is 0 Å². The van der Waals surface area contributed by atoms with E-state index in [-0.39, 0.29) is 0 Å². The summed E-state index contributed by atoms with van der Waals surface area (Å²) in [6.45, 7) is 0. The third-order valence-corrected chi connectivity index (χ3v) is 0.498. The summed E-state index contributed by atoms with van der Waals surface area (Å²) in [5.74, 6) is 0. The predicted octanol–water partition coefficient (Wildman–Crippen LogP) is -0.0444. The molecule has 0 fully saturated rings. The summed E-state index contributed by atoms with van der Waals surface area (Å²) in [6.07, 6.45) is 6.08. The Balaban J connectivity index is 2.94. The molecule has 1 atom stereocenters. The van der Waals surface area contributed by atoms with Crippen molar-refractivity contribution in [3.05, 3.63) is 0 Å². The van der Waals surface area contributed by atoms with Gasteiger partial charge in [0.2, 0.25) is 0 Å². The van der Waals surface area contributed by atoms with Gasteiger partial charge in [0.05, 0.1) is 0 Å². The van der Waals surface area contributed by atoms with Crippen LogP contribution in [-0.2, 0) is 11.2 Å². The molecule has 2 heteroatoms. The molecule has 0 amide bonds. The monoisotopic (exact) mass is 88.0 g/mol. The van der Waals surface area contributed by atoms with E-state index in [1.54, 1.807) is 0 Å². The first-order valence-electron chi connectivity index (χ1n) is 1.07. The molecule has 0 saturated heterocycles. The van der Waals surface area contributed by atoms with Crippen LogP contribution in [0.1, 0.15) is 0 Å².